The van der Waals surface area contributed by atoms with Crippen LogP contribution in [0.1, 0.15) is 5.56 Å². The summed E-state index contributed by atoms with van der Waals surface area (Å²) in [5.74, 6) is 0.880. The van der Waals surface area contributed by atoms with E-state index in [2.05, 4.69) is 50.3 Å². The minimum atomic E-state index is 0.762. The number of nitrogens with zero attached hydrogens (tertiary/aromatic N) is 3. The number of aromatic nitrogens is 2. The van der Waals surface area contributed by atoms with Gasteiger partial charge in [-0.2, -0.15) is 5.10 Å². The highest BCUT2D eigenvalue weighted by atomic mass is 16.5. The molecular formula is C19H22N4O. The molecule has 2 heterocycles. The molecule has 24 heavy (non-hydrogen) atoms. The molecule has 2 aromatic carbocycles. The van der Waals surface area contributed by atoms with Gasteiger partial charge in [-0.05, 0) is 35.9 Å². The van der Waals surface area contributed by atoms with E-state index in [0.29, 0.717) is 0 Å². The molecule has 0 atom stereocenters. The van der Waals surface area contributed by atoms with E-state index in [4.69, 9.17) is 4.74 Å². The third kappa shape index (κ3) is 2.95. The zero-order valence-electron chi connectivity index (χ0n) is 13.9. The van der Waals surface area contributed by atoms with E-state index in [1.807, 2.05) is 18.3 Å². The Bertz CT molecular complexity index is 819. The Balaban J connectivity index is 1.62. The highest BCUT2D eigenvalue weighted by Gasteiger charge is 2.12. The Morgan fingerprint density at radius 2 is 1.88 bits per heavy atom. The summed E-state index contributed by atoms with van der Waals surface area (Å²) >= 11 is 0. The second-order valence-corrected chi connectivity index (χ2v) is 6.13. The van der Waals surface area contributed by atoms with E-state index < -0.39 is 0 Å². The Kier molecular flexibility index (Phi) is 4.09. The van der Waals surface area contributed by atoms with Crippen LogP contribution in [0.5, 0.6) is 5.75 Å². The lowest BCUT2D eigenvalue weighted by Crippen LogP contribution is -2.43. The van der Waals surface area contributed by atoms with Crippen LogP contribution in [0.15, 0.2) is 48.7 Å². The molecule has 0 radical (unpaired) electrons. The molecule has 0 bridgehead atoms. The number of hydrogen-bond donors (Lipinski definition) is 1. The fourth-order valence-corrected chi connectivity index (χ4v) is 3.21. The number of methoxy groups -OCH3 is 1. The van der Waals surface area contributed by atoms with Crippen molar-refractivity contribution in [1.82, 2.24) is 15.1 Å². The normalized spacial score (nSPS) is 15.0. The van der Waals surface area contributed by atoms with Crippen molar-refractivity contribution < 1.29 is 4.74 Å². The molecule has 5 nitrogen and oxygen atoms in total. The van der Waals surface area contributed by atoms with Crippen LogP contribution >= 0.6 is 0 Å². The Hall–Kier alpha value is -2.53. The second-order valence-electron chi connectivity index (χ2n) is 6.13. The van der Waals surface area contributed by atoms with Crippen LogP contribution < -0.4 is 15.0 Å². The quantitative estimate of drug-likeness (QED) is 0.801. The molecule has 0 unspecified atom stereocenters. The van der Waals surface area contributed by atoms with Crippen molar-refractivity contribution in [2.24, 2.45) is 0 Å². The molecule has 4 rings (SSSR count). The van der Waals surface area contributed by atoms with E-state index >= 15 is 0 Å². The van der Waals surface area contributed by atoms with Crippen molar-refractivity contribution in [1.29, 1.82) is 0 Å². The van der Waals surface area contributed by atoms with Gasteiger partial charge in [-0.3, -0.25) is 4.68 Å². The summed E-state index contributed by atoms with van der Waals surface area (Å²) in [4.78, 5) is 2.43. The number of ether oxygens (including phenoxy) is 1. The number of nitrogens with one attached hydrogen (secondary N) is 1. The Morgan fingerprint density at radius 3 is 2.62 bits per heavy atom. The average Bonchev–Trinajstić information content (AvgIpc) is 3.05. The van der Waals surface area contributed by atoms with Gasteiger partial charge in [0.15, 0.2) is 0 Å². The van der Waals surface area contributed by atoms with Gasteiger partial charge in [-0.25, -0.2) is 0 Å². The first kappa shape index (κ1) is 15.0. The van der Waals surface area contributed by atoms with Gasteiger partial charge in [0.1, 0.15) is 5.75 Å². The maximum absolute atomic E-state index is 5.22. The van der Waals surface area contributed by atoms with Crippen molar-refractivity contribution in [3.63, 3.8) is 0 Å². The molecule has 1 saturated heterocycles. The van der Waals surface area contributed by atoms with Gasteiger partial charge in [0, 0.05) is 37.3 Å². The summed E-state index contributed by atoms with van der Waals surface area (Å²) in [7, 11) is 1.69. The van der Waals surface area contributed by atoms with Crippen LogP contribution in [0.4, 0.5) is 5.69 Å². The number of benzene rings is 2. The molecule has 1 N–H and O–H groups in total. The molecule has 124 valence electrons. The monoisotopic (exact) mass is 322 g/mol. The lowest BCUT2D eigenvalue weighted by Gasteiger charge is -2.29. The molecule has 1 aliphatic heterocycles. The molecule has 1 aliphatic rings. The number of anilines is 1. The van der Waals surface area contributed by atoms with Crippen molar-refractivity contribution in [2.75, 3.05) is 38.2 Å². The predicted molar refractivity (Wildman–Crippen MR) is 96.9 cm³/mol. The zero-order valence-corrected chi connectivity index (χ0v) is 13.9. The molecule has 0 amide bonds. The largest absolute Gasteiger partial charge is 0.497 e. The fraction of sp³-hybridized carbons (Fsp3) is 0.316. The highest BCUT2D eigenvalue weighted by molar-refractivity contribution is 5.82. The number of rotatable bonds is 4. The van der Waals surface area contributed by atoms with Crippen LogP contribution in [0, 0.1) is 0 Å². The molecule has 0 aliphatic carbocycles. The third-order valence-corrected chi connectivity index (χ3v) is 4.60. The summed E-state index contributed by atoms with van der Waals surface area (Å²) in [5, 5.41) is 9.16. The minimum absolute atomic E-state index is 0.762. The van der Waals surface area contributed by atoms with Gasteiger partial charge in [0.25, 0.3) is 0 Å². The molecule has 1 fully saturated rings. The summed E-state index contributed by atoms with van der Waals surface area (Å²) in [6.07, 6.45) is 1.94. The summed E-state index contributed by atoms with van der Waals surface area (Å²) in [6.45, 7) is 4.96. The van der Waals surface area contributed by atoms with Crippen LogP contribution in [-0.4, -0.2) is 43.1 Å². The number of fused-ring (bicyclic) bond motifs is 1. The average molecular weight is 322 g/mol. The molecular weight excluding hydrogens is 300 g/mol. The first-order chi connectivity index (χ1) is 11.8. The standard InChI is InChI=1S/C19H22N4O/c1-24-18-6-2-15(3-7-18)14-23-19-12-17(5-4-16(19)13-21-23)22-10-8-20-9-11-22/h2-7,12-13,20H,8-11,14H2,1H3. The van der Waals surface area contributed by atoms with Crippen molar-refractivity contribution in [3.05, 3.63) is 54.2 Å². The lowest BCUT2D eigenvalue weighted by atomic mass is 10.2. The molecule has 5 heteroatoms. The molecule has 3 aromatic rings. The SMILES string of the molecule is COc1ccc(Cn2ncc3ccc(N4CCNCC4)cc32)cc1. The van der Waals surface area contributed by atoms with Crippen LogP contribution in [0.2, 0.25) is 0 Å². The second kappa shape index (κ2) is 6.53. The maximum atomic E-state index is 5.22. The Morgan fingerprint density at radius 1 is 1.08 bits per heavy atom. The van der Waals surface area contributed by atoms with Gasteiger partial charge < -0.3 is 15.0 Å². The molecule has 0 spiro atoms. The highest BCUT2D eigenvalue weighted by Crippen LogP contribution is 2.23. The van der Waals surface area contributed by atoms with Gasteiger partial charge in [0.2, 0.25) is 0 Å². The smallest absolute Gasteiger partial charge is 0.118 e. The van der Waals surface area contributed by atoms with Gasteiger partial charge in [-0.15, -0.1) is 0 Å². The van der Waals surface area contributed by atoms with E-state index in [1.165, 1.54) is 22.2 Å². The lowest BCUT2D eigenvalue weighted by molar-refractivity contribution is 0.414. The topological polar surface area (TPSA) is 42.3 Å². The first-order valence-corrected chi connectivity index (χ1v) is 8.38. The van der Waals surface area contributed by atoms with Crippen LogP contribution in [0.25, 0.3) is 10.9 Å². The van der Waals surface area contributed by atoms with Crippen LogP contribution in [0.3, 0.4) is 0 Å². The van der Waals surface area contributed by atoms with E-state index in [0.717, 1.165) is 38.5 Å². The fourth-order valence-electron chi connectivity index (χ4n) is 3.21. The van der Waals surface area contributed by atoms with Gasteiger partial charge in [0.05, 0.1) is 25.4 Å². The summed E-state index contributed by atoms with van der Waals surface area (Å²) < 4.78 is 7.30. The Labute approximate surface area is 141 Å². The number of hydrogen-bond acceptors (Lipinski definition) is 4. The zero-order chi connectivity index (χ0) is 16.4. The maximum Gasteiger partial charge on any atom is 0.118 e. The van der Waals surface area contributed by atoms with Crippen LogP contribution in [-0.2, 0) is 6.54 Å². The third-order valence-electron chi connectivity index (χ3n) is 4.60. The van der Waals surface area contributed by atoms with Gasteiger partial charge in [-0.1, -0.05) is 12.1 Å². The molecule has 1 aromatic heterocycles. The van der Waals surface area contributed by atoms with E-state index in [1.54, 1.807) is 7.11 Å². The van der Waals surface area contributed by atoms with Crippen molar-refractivity contribution in [3.8, 4) is 5.75 Å². The van der Waals surface area contributed by atoms with E-state index in [9.17, 15) is 0 Å². The predicted octanol–water partition coefficient (Wildman–Crippen LogP) is 2.50. The number of piperazine rings is 1. The van der Waals surface area contributed by atoms with Gasteiger partial charge >= 0.3 is 0 Å². The summed E-state index contributed by atoms with van der Waals surface area (Å²) in [6, 6.07) is 14.8. The van der Waals surface area contributed by atoms with Crippen molar-refractivity contribution >= 4 is 16.6 Å². The van der Waals surface area contributed by atoms with Crippen molar-refractivity contribution in [2.45, 2.75) is 6.54 Å². The summed E-state index contributed by atoms with van der Waals surface area (Å²) in [5.41, 5.74) is 3.68. The first-order valence-electron chi connectivity index (χ1n) is 8.38. The molecule has 0 saturated carbocycles. The van der Waals surface area contributed by atoms with E-state index in [-0.39, 0.29) is 0 Å². The minimum Gasteiger partial charge on any atom is -0.497 e.